The predicted molar refractivity (Wildman–Crippen MR) is 69.8 cm³/mol. The first-order valence-electron chi connectivity index (χ1n) is 5.97. The average Bonchev–Trinajstić information content (AvgIpc) is 2.73. The topological polar surface area (TPSA) is 93.7 Å². The van der Waals surface area contributed by atoms with E-state index in [9.17, 15) is 13.2 Å². The molecule has 0 saturated carbocycles. The Balaban J connectivity index is 2.47. The van der Waals surface area contributed by atoms with Crippen molar-refractivity contribution < 1.29 is 22.8 Å². The van der Waals surface area contributed by atoms with Gasteiger partial charge in [0, 0.05) is 0 Å². The molecule has 0 aromatic heterocycles. The summed E-state index contributed by atoms with van der Waals surface area (Å²) in [5.74, 6) is -0.0125. The predicted octanol–water partition coefficient (Wildman–Crippen LogP) is 0.691. The molecule has 2 N–H and O–H groups in total. The number of sulfone groups is 1. The molecule has 1 amide bonds. The smallest absolute Gasteiger partial charge is 0.407 e. The molecule has 0 fully saturated rings. The first-order valence-corrected chi connectivity index (χ1v) is 7.62. The Morgan fingerprint density at radius 2 is 2.16 bits per heavy atom. The highest BCUT2D eigenvalue weighted by atomic mass is 32.2. The van der Waals surface area contributed by atoms with Crippen LogP contribution < -0.4 is 10.8 Å². The molecule has 1 heterocycles. The van der Waals surface area contributed by atoms with Gasteiger partial charge in [0.05, 0.1) is 12.3 Å². The van der Waals surface area contributed by atoms with Crippen LogP contribution in [0, 0.1) is 0 Å². The second-order valence-corrected chi connectivity index (χ2v) is 7.32. The van der Waals surface area contributed by atoms with Gasteiger partial charge in [0.25, 0.3) is 0 Å². The zero-order chi connectivity index (χ0) is 14.7. The molecular formula is C11H20N2O5S. The number of carbonyl (C=O) groups is 1. The molecule has 0 spiro atoms. The van der Waals surface area contributed by atoms with E-state index >= 15 is 0 Å². The van der Waals surface area contributed by atoms with Crippen LogP contribution >= 0.6 is 0 Å². The second-order valence-electron chi connectivity index (χ2n) is 5.08. The Morgan fingerprint density at radius 1 is 1.53 bits per heavy atom. The molecule has 8 heteroatoms. The fraction of sp³-hybridized carbons (Fsp3) is 0.727. The average molecular weight is 292 g/mol. The van der Waals surface area contributed by atoms with Crippen LogP contribution in [-0.4, -0.2) is 38.5 Å². The molecular weight excluding hydrogens is 272 g/mol. The molecule has 1 unspecified atom stereocenters. The molecule has 7 nitrogen and oxygen atoms in total. The Hall–Kier alpha value is -1.28. The van der Waals surface area contributed by atoms with Crippen molar-refractivity contribution in [3.63, 3.8) is 0 Å². The van der Waals surface area contributed by atoms with E-state index in [4.69, 9.17) is 9.57 Å². The third-order valence-electron chi connectivity index (χ3n) is 2.21. The number of alkyl carbamates (subject to hydrolysis) is 1. The van der Waals surface area contributed by atoms with Crippen LogP contribution in [-0.2, 0) is 19.4 Å². The van der Waals surface area contributed by atoms with Crippen LogP contribution in [0.1, 0.15) is 27.7 Å². The number of nitrogens with one attached hydrogen (secondary N) is 2. The molecule has 0 radical (unpaired) electrons. The number of hydrogen-bond donors (Lipinski definition) is 2. The molecule has 0 bridgehead atoms. The zero-order valence-corrected chi connectivity index (χ0v) is 12.3. The van der Waals surface area contributed by atoms with Gasteiger partial charge in [-0.2, -0.15) is 0 Å². The molecule has 1 rings (SSSR count). The summed E-state index contributed by atoms with van der Waals surface area (Å²) in [6.45, 7) is 6.94. The Labute approximate surface area is 113 Å². The van der Waals surface area contributed by atoms with Gasteiger partial charge in [0.1, 0.15) is 11.7 Å². The van der Waals surface area contributed by atoms with E-state index in [1.54, 1.807) is 27.7 Å². The van der Waals surface area contributed by atoms with Gasteiger partial charge in [-0.05, 0) is 26.8 Å². The van der Waals surface area contributed by atoms with E-state index in [-0.39, 0.29) is 17.3 Å². The molecule has 0 aromatic carbocycles. The van der Waals surface area contributed by atoms with Crippen molar-refractivity contribution in [2.24, 2.45) is 0 Å². The SMILES string of the molecule is CCS(=O)(=O)C1=CC(CNC(=O)OC(C)(C)C)ON1. The van der Waals surface area contributed by atoms with Crippen molar-refractivity contribution in [1.82, 2.24) is 10.8 Å². The van der Waals surface area contributed by atoms with E-state index < -0.39 is 27.6 Å². The summed E-state index contributed by atoms with van der Waals surface area (Å²) >= 11 is 0. The highest BCUT2D eigenvalue weighted by molar-refractivity contribution is 7.95. The van der Waals surface area contributed by atoms with Gasteiger partial charge in [-0.3, -0.25) is 10.3 Å². The maximum Gasteiger partial charge on any atom is 0.407 e. The van der Waals surface area contributed by atoms with Crippen LogP contribution in [0.4, 0.5) is 4.79 Å². The summed E-state index contributed by atoms with van der Waals surface area (Å²) in [7, 11) is -3.32. The third kappa shape index (κ3) is 5.07. The number of amides is 1. The van der Waals surface area contributed by atoms with Crippen LogP contribution in [0.15, 0.2) is 11.1 Å². The van der Waals surface area contributed by atoms with Crippen molar-refractivity contribution in [3.8, 4) is 0 Å². The summed E-state index contributed by atoms with van der Waals surface area (Å²) in [6, 6.07) is 0. The number of hydroxylamine groups is 1. The lowest BCUT2D eigenvalue weighted by molar-refractivity contribution is 0.0324. The molecule has 0 aliphatic carbocycles. The number of hydrogen-bond acceptors (Lipinski definition) is 6. The van der Waals surface area contributed by atoms with Crippen molar-refractivity contribution >= 4 is 15.9 Å². The molecule has 110 valence electrons. The fourth-order valence-electron chi connectivity index (χ4n) is 1.29. The van der Waals surface area contributed by atoms with Gasteiger partial charge < -0.3 is 10.1 Å². The summed E-state index contributed by atoms with van der Waals surface area (Å²) in [5.41, 5.74) is 1.77. The van der Waals surface area contributed by atoms with Gasteiger partial charge >= 0.3 is 6.09 Å². The first kappa shape index (κ1) is 15.8. The number of ether oxygens (including phenoxy) is 1. The Kier molecular flexibility index (Phi) is 4.81. The molecule has 1 atom stereocenters. The first-order chi connectivity index (χ1) is 8.64. The molecule has 0 saturated heterocycles. The lowest BCUT2D eigenvalue weighted by atomic mass is 10.2. The van der Waals surface area contributed by atoms with Crippen LogP contribution in [0.2, 0.25) is 0 Å². The highest BCUT2D eigenvalue weighted by Gasteiger charge is 2.25. The Bertz CT molecular complexity index is 464. The van der Waals surface area contributed by atoms with E-state index in [2.05, 4.69) is 10.8 Å². The van der Waals surface area contributed by atoms with Gasteiger partial charge in [-0.25, -0.2) is 13.2 Å². The lowest BCUT2D eigenvalue weighted by Gasteiger charge is -2.20. The Morgan fingerprint density at radius 3 is 2.68 bits per heavy atom. The fourth-order valence-corrected chi connectivity index (χ4v) is 2.14. The normalized spacial score (nSPS) is 19.6. The van der Waals surface area contributed by atoms with Gasteiger partial charge in [0.2, 0.25) is 0 Å². The zero-order valence-electron chi connectivity index (χ0n) is 11.5. The number of rotatable bonds is 4. The van der Waals surface area contributed by atoms with Crippen molar-refractivity contribution in [2.45, 2.75) is 39.4 Å². The maximum atomic E-state index is 11.6. The van der Waals surface area contributed by atoms with E-state index in [0.717, 1.165) is 0 Å². The minimum absolute atomic E-state index is 0.0125. The van der Waals surface area contributed by atoms with E-state index in [1.807, 2.05) is 0 Å². The summed E-state index contributed by atoms with van der Waals surface area (Å²) < 4.78 is 28.1. The summed E-state index contributed by atoms with van der Waals surface area (Å²) in [6.07, 6.45) is 0.316. The van der Waals surface area contributed by atoms with Gasteiger partial charge in [-0.15, -0.1) is 0 Å². The highest BCUT2D eigenvalue weighted by Crippen LogP contribution is 2.13. The van der Waals surface area contributed by atoms with E-state index in [0.29, 0.717) is 0 Å². The molecule has 1 aliphatic rings. The van der Waals surface area contributed by atoms with Gasteiger partial charge in [0.15, 0.2) is 14.9 Å². The molecule has 0 aromatic rings. The van der Waals surface area contributed by atoms with Gasteiger partial charge in [-0.1, -0.05) is 6.92 Å². The summed E-state index contributed by atoms with van der Waals surface area (Å²) in [5, 5.41) is 2.54. The number of carbonyl (C=O) groups excluding carboxylic acids is 1. The minimum atomic E-state index is -3.32. The molecule has 19 heavy (non-hydrogen) atoms. The van der Waals surface area contributed by atoms with Crippen molar-refractivity contribution in [3.05, 3.63) is 11.1 Å². The monoisotopic (exact) mass is 292 g/mol. The maximum absolute atomic E-state index is 11.6. The summed E-state index contributed by atoms with van der Waals surface area (Å²) in [4.78, 5) is 16.4. The van der Waals surface area contributed by atoms with Crippen LogP contribution in [0.25, 0.3) is 0 Å². The van der Waals surface area contributed by atoms with Crippen LogP contribution in [0.5, 0.6) is 0 Å². The largest absolute Gasteiger partial charge is 0.444 e. The second kappa shape index (κ2) is 5.79. The lowest BCUT2D eigenvalue weighted by Crippen LogP contribution is -2.37. The quantitative estimate of drug-likeness (QED) is 0.792. The van der Waals surface area contributed by atoms with Crippen LogP contribution in [0.3, 0.4) is 0 Å². The minimum Gasteiger partial charge on any atom is -0.444 e. The molecule has 1 aliphatic heterocycles. The van der Waals surface area contributed by atoms with Crippen molar-refractivity contribution in [1.29, 1.82) is 0 Å². The third-order valence-corrected chi connectivity index (χ3v) is 3.86. The van der Waals surface area contributed by atoms with E-state index in [1.165, 1.54) is 6.08 Å². The standard InChI is InChI=1S/C11H20N2O5S/c1-5-19(15,16)9-6-8(18-13-9)7-12-10(14)17-11(2,3)4/h6,8,13H,5,7H2,1-4H3,(H,12,14). The van der Waals surface area contributed by atoms with Crippen molar-refractivity contribution in [2.75, 3.05) is 12.3 Å².